The van der Waals surface area contributed by atoms with Gasteiger partial charge in [0.2, 0.25) is 0 Å². The molecule has 0 aromatic carbocycles. The summed E-state index contributed by atoms with van der Waals surface area (Å²) in [5.41, 5.74) is 6.54. The fourth-order valence-electron chi connectivity index (χ4n) is 1.73. The van der Waals surface area contributed by atoms with E-state index in [1.54, 1.807) is 13.2 Å². The van der Waals surface area contributed by atoms with Gasteiger partial charge in [0.05, 0.1) is 11.9 Å². The molecule has 2 N–H and O–H groups in total. The highest BCUT2D eigenvalue weighted by Gasteiger charge is 2.22. The lowest BCUT2D eigenvalue weighted by Crippen LogP contribution is -2.29. The van der Waals surface area contributed by atoms with E-state index in [2.05, 4.69) is 25.9 Å². The molecule has 0 amide bonds. The molecule has 15 heavy (non-hydrogen) atoms. The first-order chi connectivity index (χ1) is 7.09. The van der Waals surface area contributed by atoms with Gasteiger partial charge in [-0.2, -0.15) is 5.10 Å². The zero-order valence-electron chi connectivity index (χ0n) is 8.48. The molecule has 1 aromatic heterocycles. The Hall–Kier alpha value is -0.880. The third-order valence-corrected chi connectivity index (χ3v) is 3.37. The van der Waals surface area contributed by atoms with Crippen LogP contribution in [0, 0.1) is 0 Å². The molecule has 2 rings (SSSR count). The van der Waals surface area contributed by atoms with Gasteiger partial charge in [-0.15, -0.1) is 0 Å². The van der Waals surface area contributed by atoms with Gasteiger partial charge in [-0.1, -0.05) is 0 Å². The Morgan fingerprint density at radius 3 is 3.00 bits per heavy atom. The van der Waals surface area contributed by atoms with Crippen LogP contribution in [0.1, 0.15) is 6.42 Å². The van der Waals surface area contributed by atoms with E-state index in [1.165, 1.54) is 4.68 Å². The highest BCUT2D eigenvalue weighted by Crippen LogP contribution is 2.24. The van der Waals surface area contributed by atoms with Crippen LogP contribution in [0.15, 0.2) is 15.5 Å². The summed E-state index contributed by atoms with van der Waals surface area (Å²) in [4.78, 5) is 13.7. The molecule has 2 heterocycles. The maximum atomic E-state index is 11.6. The Labute approximate surface area is 96.0 Å². The van der Waals surface area contributed by atoms with E-state index in [0.717, 1.165) is 25.2 Å². The van der Waals surface area contributed by atoms with Crippen LogP contribution in [-0.2, 0) is 7.05 Å². The second-order valence-electron chi connectivity index (χ2n) is 3.77. The molecular weight excluding hydrogens is 260 g/mol. The van der Waals surface area contributed by atoms with Crippen LogP contribution in [0.4, 0.5) is 5.69 Å². The van der Waals surface area contributed by atoms with Gasteiger partial charge < -0.3 is 10.6 Å². The SMILES string of the molecule is Cn1ncc(N2CCC(N)C2)c(Br)c1=O. The molecule has 1 aliphatic rings. The van der Waals surface area contributed by atoms with Crippen molar-refractivity contribution in [2.24, 2.45) is 12.8 Å². The highest BCUT2D eigenvalue weighted by atomic mass is 79.9. The lowest BCUT2D eigenvalue weighted by atomic mass is 10.3. The van der Waals surface area contributed by atoms with Gasteiger partial charge in [-0.05, 0) is 22.4 Å². The molecule has 1 aliphatic heterocycles. The maximum Gasteiger partial charge on any atom is 0.282 e. The van der Waals surface area contributed by atoms with Crippen molar-refractivity contribution in [3.63, 3.8) is 0 Å². The Morgan fingerprint density at radius 2 is 2.40 bits per heavy atom. The maximum absolute atomic E-state index is 11.6. The second-order valence-corrected chi connectivity index (χ2v) is 4.56. The van der Waals surface area contributed by atoms with Gasteiger partial charge in [-0.25, -0.2) is 4.68 Å². The highest BCUT2D eigenvalue weighted by molar-refractivity contribution is 9.10. The zero-order chi connectivity index (χ0) is 11.0. The number of rotatable bonds is 1. The van der Waals surface area contributed by atoms with E-state index < -0.39 is 0 Å². The van der Waals surface area contributed by atoms with Crippen LogP contribution >= 0.6 is 15.9 Å². The molecular formula is C9H13BrN4O. The summed E-state index contributed by atoms with van der Waals surface area (Å²) in [6.45, 7) is 1.67. The van der Waals surface area contributed by atoms with Crippen LogP contribution in [0.25, 0.3) is 0 Å². The number of aryl methyl sites for hydroxylation is 1. The van der Waals surface area contributed by atoms with Gasteiger partial charge in [-0.3, -0.25) is 4.79 Å². The first-order valence-corrected chi connectivity index (χ1v) is 5.61. The van der Waals surface area contributed by atoms with E-state index in [9.17, 15) is 4.79 Å². The number of anilines is 1. The zero-order valence-corrected chi connectivity index (χ0v) is 10.1. The minimum absolute atomic E-state index is 0.118. The Kier molecular flexibility index (Phi) is 2.79. The fourth-order valence-corrected chi connectivity index (χ4v) is 2.34. The van der Waals surface area contributed by atoms with E-state index in [4.69, 9.17) is 5.73 Å². The van der Waals surface area contributed by atoms with Gasteiger partial charge in [0, 0.05) is 26.2 Å². The monoisotopic (exact) mass is 272 g/mol. The van der Waals surface area contributed by atoms with Gasteiger partial charge in [0.1, 0.15) is 4.47 Å². The van der Waals surface area contributed by atoms with E-state index in [1.807, 2.05) is 0 Å². The largest absolute Gasteiger partial charge is 0.368 e. The summed E-state index contributed by atoms with van der Waals surface area (Å²) >= 11 is 3.31. The minimum Gasteiger partial charge on any atom is -0.368 e. The van der Waals surface area contributed by atoms with Crippen molar-refractivity contribution in [2.45, 2.75) is 12.5 Å². The molecule has 1 saturated heterocycles. The third-order valence-electron chi connectivity index (χ3n) is 2.63. The average molecular weight is 273 g/mol. The molecule has 5 nitrogen and oxygen atoms in total. The van der Waals surface area contributed by atoms with E-state index in [-0.39, 0.29) is 11.6 Å². The first-order valence-electron chi connectivity index (χ1n) is 4.82. The first kappa shape index (κ1) is 10.6. The smallest absolute Gasteiger partial charge is 0.282 e. The molecule has 0 spiro atoms. The summed E-state index contributed by atoms with van der Waals surface area (Å²) in [7, 11) is 1.63. The predicted molar refractivity (Wildman–Crippen MR) is 62.0 cm³/mol. The third kappa shape index (κ3) is 1.91. The standard InChI is InChI=1S/C9H13BrN4O/c1-13-9(15)8(10)7(4-12-13)14-3-2-6(11)5-14/h4,6H,2-3,5,11H2,1H3. The lowest BCUT2D eigenvalue weighted by molar-refractivity contribution is 0.698. The molecule has 1 aromatic rings. The summed E-state index contributed by atoms with van der Waals surface area (Å²) in [6.07, 6.45) is 2.66. The normalized spacial score (nSPS) is 21.0. The predicted octanol–water partition coefficient (Wildman–Crippen LogP) is 0.0802. The number of hydrogen-bond donors (Lipinski definition) is 1. The van der Waals surface area contributed by atoms with Crippen LogP contribution in [0.3, 0.4) is 0 Å². The van der Waals surface area contributed by atoms with Gasteiger partial charge >= 0.3 is 0 Å². The number of aromatic nitrogens is 2. The second kappa shape index (κ2) is 3.94. The molecule has 82 valence electrons. The fraction of sp³-hybridized carbons (Fsp3) is 0.556. The van der Waals surface area contributed by atoms with Gasteiger partial charge in [0.25, 0.3) is 5.56 Å². The molecule has 1 atom stereocenters. The van der Waals surface area contributed by atoms with Crippen LogP contribution in [0.5, 0.6) is 0 Å². The van der Waals surface area contributed by atoms with Crippen molar-refractivity contribution in [3.05, 3.63) is 21.0 Å². The number of halogens is 1. The van der Waals surface area contributed by atoms with Gasteiger partial charge in [0.15, 0.2) is 0 Å². The molecule has 0 aliphatic carbocycles. The van der Waals surface area contributed by atoms with Crippen LogP contribution < -0.4 is 16.2 Å². The Balaban J connectivity index is 2.37. The van der Waals surface area contributed by atoms with Crippen molar-refractivity contribution < 1.29 is 0 Å². The molecule has 1 fully saturated rings. The minimum atomic E-state index is -0.118. The summed E-state index contributed by atoms with van der Waals surface area (Å²) in [5, 5.41) is 4.00. The molecule has 0 saturated carbocycles. The van der Waals surface area contributed by atoms with Crippen molar-refractivity contribution in [3.8, 4) is 0 Å². The number of nitrogens with zero attached hydrogens (tertiary/aromatic N) is 3. The van der Waals surface area contributed by atoms with Crippen LogP contribution in [0.2, 0.25) is 0 Å². The van der Waals surface area contributed by atoms with E-state index in [0.29, 0.717) is 4.47 Å². The summed E-state index contributed by atoms with van der Waals surface area (Å²) < 4.78 is 1.87. The van der Waals surface area contributed by atoms with Crippen molar-refractivity contribution >= 4 is 21.6 Å². The lowest BCUT2D eigenvalue weighted by Gasteiger charge is -2.18. The Morgan fingerprint density at radius 1 is 1.67 bits per heavy atom. The van der Waals surface area contributed by atoms with Crippen LogP contribution in [-0.4, -0.2) is 28.9 Å². The quantitative estimate of drug-likeness (QED) is 0.787. The summed E-state index contributed by atoms with van der Waals surface area (Å²) in [6, 6.07) is 0.195. The average Bonchev–Trinajstić information content (AvgIpc) is 2.61. The molecule has 0 bridgehead atoms. The molecule has 6 heteroatoms. The van der Waals surface area contributed by atoms with Crippen molar-refractivity contribution in [1.82, 2.24) is 9.78 Å². The molecule has 0 radical (unpaired) electrons. The van der Waals surface area contributed by atoms with E-state index >= 15 is 0 Å². The van der Waals surface area contributed by atoms with Crippen molar-refractivity contribution in [2.75, 3.05) is 18.0 Å². The van der Waals surface area contributed by atoms with Crippen molar-refractivity contribution in [1.29, 1.82) is 0 Å². The number of nitrogens with two attached hydrogens (primary N) is 1. The topological polar surface area (TPSA) is 64.2 Å². The number of hydrogen-bond acceptors (Lipinski definition) is 4. The summed E-state index contributed by atoms with van der Waals surface area (Å²) in [5.74, 6) is 0. The molecule has 1 unspecified atom stereocenters. The Bertz CT molecular complexity index is 431.